The van der Waals surface area contributed by atoms with E-state index in [1.807, 2.05) is 16.5 Å². The van der Waals surface area contributed by atoms with Crippen LogP contribution < -0.4 is 5.32 Å². The summed E-state index contributed by atoms with van der Waals surface area (Å²) >= 11 is 1.68. The minimum Gasteiger partial charge on any atom is -0.341 e. The van der Waals surface area contributed by atoms with Crippen molar-refractivity contribution in [2.75, 3.05) is 13.1 Å². The maximum atomic E-state index is 11.3. The Morgan fingerprint density at radius 2 is 2.69 bits per heavy atom. The van der Waals surface area contributed by atoms with Gasteiger partial charge in [-0.15, -0.1) is 11.3 Å². The molecule has 0 unspecified atom stereocenters. The van der Waals surface area contributed by atoms with Gasteiger partial charge in [-0.2, -0.15) is 0 Å². The van der Waals surface area contributed by atoms with E-state index in [4.69, 9.17) is 0 Å². The van der Waals surface area contributed by atoms with Crippen molar-refractivity contribution < 1.29 is 4.79 Å². The maximum Gasteiger partial charge on any atom is 0.219 e. The monoisotopic (exact) mass is 237 g/mol. The minimum atomic E-state index is 0.197. The molecule has 3 rings (SSSR count). The summed E-state index contributed by atoms with van der Waals surface area (Å²) in [7, 11) is 0. The van der Waals surface area contributed by atoms with Crippen molar-refractivity contribution in [1.29, 1.82) is 0 Å². The maximum absolute atomic E-state index is 11.3. The Bertz CT molecular complexity index is 405. The van der Waals surface area contributed by atoms with Crippen LogP contribution in [-0.4, -0.2) is 34.4 Å². The lowest BCUT2D eigenvalue weighted by atomic mass is 10.2. The minimum absolute atomic E-state index is 0.197. The third-order valence-corrected chi connectivity index (χ3v) is 4.45. The number of carbonyl (C=O) groups excluding carboxylic acids is 1. The van der Waals surface area contributed by atoms with Crippen LogP contribution in [0.4, 0.5) is 0 Å². The first-order valence-electron chi connectivity index (χ1n) is 5.58. The molecular weight excluding hydrogens is 222 g/mol. The second kappa shape index (κ2) is 3.53. The molecule has 1 amide bonds. The molecule has 1 aliphatic heterocycles. The molecule has 0 aromatic carbocycles. The van der Waals surface area contributed by atoms with Crippen LogP contribution in [0.5, 0.6) is 0 Å². The van der Waals surface area contributed by atoms with Crippen LogP contribution in [0.3, 0.4) is 0 Å². The predicted octanol–water partition coefficient (Wildman–Crippen LogP) is 0.853. The number of amides is 1. The van der Waals surface area contributed by atoms with Gasteiger partial charge in [0.05, 0.1) is 0 Å². The molecule has 1 aliphatic carbocycles. The fourth-order valence-electron chi connectivity index (χ4n) is 2.59. The van der Waals surface area contributed by atoms with Crippen molar-refractivity contribution in [2.24, 2.45) is 5.92 Å². The van der Waals surface area contributed by atoms with E-state index in [2.05, 4.69) is 10.3 Å². The molecule has 0 radical (unpaired) electrons. The average molecular weight is 237 g/mol. The topological polar surface area (TPSA) is 45.2 Å². The zero-order valence-electron chi connectivity index (χ0n) is 9.27. The molecular formula is C11H15N3OS. The van der Waals surface area contributed by atoms with Gasteiger partial charge in [0.15, 0.2) is 0 Å². The third kappa shape index (κ3) is 1.64. The highest BCUT2D eigenvalue weighted by molar-refractivity contribution is 7.09. The SMILES string of the molecule is CC(=O)N1C[C@@H]2C[C@]2(NCc2nccs2)C1. The average Bonchev–Trinajstić information content (AvgIpc) is 2.73. The van der Waals surface area contributed by atoms with E-state index in [0.717, 1.165) is 24.6 Å². The van der Waals surface area contributed by atoms with Crippen molar-refractivity contribution in [3.8, 4) is 0 Å². The highest BCUT2D eigenvalue weighted by Crippen LogP contribution is 2.49. The van der Waals surface area contributed by atoms with E-state index in [9.17, 15) is 4.79 Å². The standard InChI is InChI=1S/C11H15N3OS/c1-8(15)14-6-9-4-11(9,7-14)13-5-10-12-2-3-16-10/h2-3,9,13H,4-7H2,1H3/t9-,11-/m0/s1. The van der Waals surface area contributed by atoms with E-state index in [1.165, 1.54) is 6.42 Å². The Balaban J connectivity index is 1.59. The summed E-state index contributed by atoms with van der Waals surface area (Å²) in [4.78, 5) is 17.5. The number of hydrogen-bond acceptors (Lipinski definition) is 4. The molecule has 4 nitrogen and oxygen atoms in total. The zero-order valence-corrected chi connectivity index (χ0v) is 10.1. The number of piperidine rings is 1. The van der Waals surface area contributed by atoms with Gasteiger partial charge in [0.1, 0.15) is 5.01 Å². The van der Waals surface area contributed by atoms with Gasteiger partial charge >= 0.3 is 0 Å². The quantitative estimate of drug-likeness (QED) is 0.848. The highest BCUT2D eigenvalue weighted by Gasteiger charge is 2.60. The molecule has 1 saturated carbocycles. The van der Waals surface area contributed by atoms with Crippen molar-refractivity contribution in [1.82, 2.24) is 15.2 Å². The summed E-state index contributed by atoms with van der Waals surface area (Å²) in [6.45, 7) is 4.29. The van der Waals surface area contributed by atoms with Crippen LogP contribution in [0.25, 0.3) is 0 Å². The van der Waals surface area contributed by atoms with Gasteiger partial charge in [0.2, 0.25) is 5.91 Å². The summed E-state index contributed by atoms with van der Waals surface area (Å²) in [5.74, 6) is 0.860. The van der Waals surface area contributed by atoms with E-state index in [-0.39, 0.29) is 11.4 Å². The summed E-state index contributed by atoms with van der Waals surface area (Å²) in [6.07, 6.45) is 3.04. The highest BCUT2D eigenvalue weighted by atomic mass is 32.1. The smallest absolute Gasteiger partial charge is 0.219 e. The van der Waals surface area contributed by atoms with Crippen LogP contribution in [0.15, 0.2) is 11.6 Å². The molecule has 0 bridgehead atoms. The molecule has 16 heavy (non-hydrogen) atoms. The molecule has 1 aromatic rings. The van der Waals surface area contributed by atoms with Gasteiger partial charge in [-0.25, -0.2) is 4.98 Å². The molecule has 2 heterocycles. The molecule has 2 fully saturated rings. The van der Waals surface area contributed by atoms with Gasteiger partial charge < -0.3 is 10.2 Å². The Kier molecular flexibility index (Phi) is 2.26. The lowest BCUT2D eigenvalue weighted by Crippen LogP contribution is -2.39. The normalized spacial score (nSPS) is 31.6. The number of thiazole rings is 1. The number of likely N-dealkylation sites (tertiary alicyclic amines) is 1. The fraction of sp³-hybridized carbons (Fsp3) is 0.636. The number of fused-ring (bicyclic) bond motifs is 1. The first-order chi connectivity index (χ1) is 7.70. The van der Waals surface area contributed by atoms with Gasteiger partial charge in [0, 0.05) is 43.7 Å². The summed E-state index contributed by atoms with van der Waals surface area (Å²) in [6, 6.07) is 0. The first-order valence-corrected chi connectivity index (χ1v) is 6.46. The van der Waals surface area contributed by atoms with Crippen LogP contribution in [-0.2, 0) is 11.3 Å². The number of rotatable bonds is 3. The number of aromatic nitrogens is 1. The van der Waals surface area contributed by atoms with Crippen LogP contribution >= 0.6 is 11.3 Å². The van der Waals surface area contributed by atoms with Gasteiger partial charge in [0.25, 0.3) is 0 Å². The van der Waals surface area contributed by atoms with Crippen molar-refractivity contribution in [3.63, 3.8) is 0 Å². The Hall–Kier alpha value is -0.940. The molecule has 1 saturated heterocycles. The van der Waals surface area contributed by atoms with E-state index < -0.39 is 0 Å². The van der Waals surface area contributed by atoms with Gasteiger partial charge in [-0.3, -0.25) is 4.79 Å². The number of hydrogen-bond donors (Lipinski definition) is 1. The zero-order chi connectivity index (χ0) is 11.2. The molecule has 2 atom stereocenters. The lowest BCUT2D eigenvalue weighted by molar-refractivity contribution is -0.128. The second-order valence-corrected chi connectivity index (χ2v) is 5.72. The van der Waals surface area contributed by atoms with Gasteiger partial charge in [-0.05, 0) is 12.3 Å². The summed E-state index contributed by atoms with van der Waals surface area (Å²) in [5.41, 5.74) is 0.206. The molecule has 0 spiro atoms. The lowest BCUT2D eigenvalue weighted by Gasteiger charge is -2.19. The van der Waals surface area contributed by atoms with E-state index in [0.29, 0.717) is 5.92 Å². The molecule has 2 aliphatic rings. The van der Waals surface area contributed by atoms with Crippen LogP contribution in [0.2, 0.25) is 0 Å². The molecule has 1 N–H and O–H groups in total. The van der Waals surface area contributed by atoms with E-state index in [1.54, 1.807) is 18.3 Å². The van der Waals surface area contributed by atoms with Crippen LogP contribution in [0, 0.1) is 5.92 Å². The third-order valence-electron chi connectivity index (χ3n) is 3.67. The molecule has 5 heteroatoms. The summed E-state index contributed by atoms with van der Waals surface area (Å²) < 4.78 is 0. The van der Waals surface area contributed by atoms with Gasteiger partial charge in [-0.1, -0.05) is 0 Å². The Morgan fingerprint density at radius 1 is 1.81 bits per heavy atom. The largest absolute Gasteiger partial charge is 0.341 e. The Morgan fingerprint density at radius 3 is 3.31 bits per heavy atom. The fourth-order valence-corrected chi connectivity index (χ4v) is 3.15. The number of carbonyl (C=O) groups is 1. The van der Waals surface area contributed by atoms with E-state index >= 15 is 0 Å². The summed E-state index contributed by atoms with van der Waals surface area (Å²) in [5, 5.41) is 6.70. The van der Waals surface area contributed by atoms with Crippen molar-refractivity contribution in [2.45, 2.75) is 25.4 Å². The first kappa shape index (κ1) is 10.2. The molecule has 1 aromatic heterocycles. The molecule has 86 valence electrons. The number of nitrogens with zero attached hydrogens (tertiary/aromatic N) is 2. The predicted molar refractivity (Wildman–Crippen MR) is 62.0 cm³/mol. The number of nitrogens with one attached hydrogen (secondary N) is 1. The van der Waals surface area contributed by atoms with Crippen molar-refractivity contribution in [3.05, 3.63) is 16.6 Å². The second-order valence-electron chi connectivity index (χ2n) is 4.74. The van der Waals surface area contributed by atoms with Crippen molar-refractivity contribution >= 4 is 17.2 Å². The Labute approximate surface area is 98.7 Å². The van der Waals surface area contributed by atoms with Crippen LogP contribution in [0.1, 0.15) is 18.4 Å².